The number of nitrogens with one attached hydrogen (secondary N) is 2. The fourth-order valence-electron chi connectivity index (χ4n) is 1.39. The van der Waals surface area contributed by atoms with E-state index < -0.39 is 18.0 Å². The number of benzene rings is 1. The SMILES string of the molecule is CSc1ccc(NC(=O)NC(CCO)C(=O)O)cc1. The molecule has 0 bridgehead atoms. The van der Waals surface area contributed by atoms with Crippen molar-refractivity contribution >= 4 is 29.4 Å². The van der Waals surface area contributed by atoms with E-state index in [0.29, 0.717) is 5.69 Å². The van der Waals surface area contributed by atoms with Crippen LogP contribution in [0.3, 0.4) is 0 Å². The molecule has 0 spiro atoms. The lowest BCUT2D eigenvalue weighted by molar-refractivity contribution is -0.139. The minimum atomic E-state index is -1.18. The highest BCUT2D eigenvalue weighted by Gasteiger charge is 2.18. The van der Waals surface area contributed by atoms with Crippen LogP contribution in [0.2, 0.25) is 0 Å². The Balaban J connectivity index is 2.55. The molecule has 0 heterocycles. The fourth-order valence-corrected chi connectivity index (χ4v) is 1.79. The van der Waals surface area contributed by atoms with E-state index in [1.54, 1.807) is 23.9 Å². The van der Waals surface area contributed by atoms with E-state index >= 15 is 0 Å². The maximum Gasteiger partial charge on any atom is 0.326 e. The first kappa shape index (κ1) is 15.3. The van der Waals surface area contributed by atoms with Crippen molar-refractivity contribution in [3.05, 3.63) is 24.3 Å². The molecule has 6 nitrogen and oxygen atoms in total. The zero-order valence-electron chi connectivity index (χ0n) is 10.4. The van der Waals surface area contributed by atoms with Gasteiger partial charge in [-0.3, -0.25) is 0 Å². The number of urea groups is 1. The van der Waals surface area contributed by atoms with Crippen molar-refractivity contribution in [2.75, 3.05) is 18.2 Å². The molecule has 104 valence electrons. The van der Waals surface area contributed by atoms with E-state index in [0.717, 1.165) is 4.90 Å². The summed E-state index contributed by atoms with van der Waals surface area (Å²) in [5.74, 6) is -1.18. The van der Waals surface area contributed by atoms with Crippen LogP contribution in [-0.2, 0) is 4.79 Å². The highest BCUT2D eigenvalue weighted by Crippen LogP contribution is 2.17. The zero-order valence-corrected chi connectivity index (χ0v) is 11.2. The second-order valence-corrected chi connectivity index (χ2v) is 4.61. The van der Waals surface area contributed by atoms with E-state index in [1.165, 1.54) is 0 Å². The van der Waals surface area contributed by atoms with Crippen molar-refractivity contribution in [3.8, 4) is 0 Å². The summed E-state index contributed by atoms with van der Waals surface area (Å²) in [5, 5.41) is 22.4. The summed E-state index contributed by atoms with van der Waals surface area (Å²) in [5.41, 5.74) is 0.573. The van der Waals surface area contributed by atoms with Crippen molar-refractivity contribution < 1.29 is 19.8 Å². The number of aliphatic hydroxyl groups is 1. The topological polar surface area (TPSA) is 98.7 Å². The van der Waals surface area contributed by atoms with Gasteiger partial charge >= 0.3 is 12.0 Å². The molecule has 0 aliphatic heterocycles. The molecule has 1 atom stereocenters. The first-order valence-corrected chi connectivity index (χ1v) is 6.84. The van der Waals surface area contributed by atoms with E-state index in [2.05, 4.69) is 10.6 Å². The molecule has 2 amide bonds. The smallest absolute Gasteiger partial charge is 0.326 e. The summed E-state index contributed by atoms with van der Waals surface area (Å²) in [4.78, 5) is 23.5. The number of aliphatic hydroxyl groups excluding tert-OH is 1. The number of carbonyl (C=O) groups excluding carboxylic acids is 1. The first-order chi connectivity index (χ1) is 9.06. The number of carboxylic acid groups (broad SMARTS) is 1. The third-order valence-corrected chi connectivity index (χ3v) is 3.11. The van der Waals surface area contributed by atoms with E-state index in [-0.39, 0.29) is 13.0 Å². The average Bonchev–Trinajstić information content (AvgIpc) is 2.39. The Morgan fingerprint density at radius 3 is 2.42 bits per heavy atom. The number of hydrogen-bond donors (Lipinski definition) is 4. The largest absolute Gasteiger partial charge is 0.480 e. The molecule has 0 aliphatic rings. The van der Waals surface area contributed by atoms with Gasteiger partial charge in [0.2, 0.25) is 0 Å². The predicted octanol–water partition coefficient (Wildman–Crippen LogP) is 1.37. The lowest BCUT2D eigenvalue weighted by Gasteiger charge is -2.14. The number of amides is 2. The number of rotatable bonds is 6. The molecule has 7 heteroatoms. The van der Waals surface area contributed by atoms with Gasteiger partial charge in [0.1, 0.15) is 6.04 Å². The molecule has 19 heavy (non-hydrogen) atoms. The van der Waals surface area contributed by atoms with Gasteiger partial charge in [0, 0.05) is 23.6 Å². The number of anilines is 1. The minimum absolute atomic E-state index is 0.0336. The van der Waals surface area contributed by atoms with Crippen molar-refractivity contribution in [2.45, 2.75) is 17.4 Å². The second-order valence-electron chi connectivity index (χ2n) is 3.73. The minimum Gasteiger partial charge on any atom is -0.480 e. The summed E-state index contributed by atoms with van der Waals surface area (Å²) in [6.45, 7) is -0.306. The van der Waals surface area contributed by atoms with Crippen molar-refractivity contribution in [2.24, 2.45) is 0 Å². The van der Waals surface area contributed by atoms with Crippen LogP contribution < -0.4 is 10.6 Å². The zero-order chi connectivity index (χ0) is 14.3. The normalized spacial score (nSPS) is 11.7. The molecule has 1 aromatic carbocycles. The number of carbonyl (C=O) groups is 2. The Morgan fingerprint density at radius 1 is 1.32 bits per heavy atom. The summed E-state index contributed by atoms with van der Waals surface area (Å²) >= 11 is 1.58. The number of aliphatic carboxylic acids is 1. The monoisotopic (exact) mass is 284 g/mol. The molecule has 4 N–H and O–H groups in total. The Labute approximate surface area is 115 Å². The van der Waals surface area contributed by atoms with E-state index in [1.807, 2.05) is 18.4 Å². The summed E-state index contributed by atoms with van der Waals surface area (Å²) in [7, 11) is 0. The van der Waals surface area contributed by atoms with Crippen molar-refractivity contribution in [1.29, 1.82) is 0 Å². The van der Waals surface area contributed by atoms with Gasteiger partial charge in [0.25, 0.3) is 0 Å². The van der Waals surface area contributed by atoms with Gasteiger partial charge in [-0.15, -0.1) is 11.8 Å². The average molecular weight is 284 g/mol. The number of hydrogen-bond acceptors (Lipinski definition) is 4. The first-order valence-electron chi connectivity index (χ1n) is 5.62. The van der Waals surface area contributed by atoms with Crippen LogP contribution in [0.5, 0.6) is 0 Å². The second kappa shape index (κ2) is 7.65. The van der Waals surface area contributed by atoms with Crippen LogP contribution in [0.1, 0.15) is 6.42 Å². The Kier molecular flexibility index (Phi) is 6.17. The molecule has 1 unspecified atom stereocenters. The van der Waals surface area contributed by atoms with Gasteiger partial charge in [0.05, 0.1) is 0 Å². The van der Waals surface area contributed by atoms with Crippen molar-refractivity contribution in [1.82, 2.24) is 5.32 Å². The molecular formula is C12H16N2O4S. The maximum atomic E-state index is 11.6. The van der Waals surface area contributed by atoms with Gasteiger partial charge in [-0.25, -0.2) is 9.59 Å². The van der Waals surface area contributed by atoms with Crippen LogP contribution in [-0.4, -0.2) is 41.1 Å². The lowest BCUT2D eigenvalue weighted by atomic mass is 10.2. The molecular weight excluding hydrogens is 268 g/mol. The molecule has 0 aromatic heterocycles. The highest BCUT2D eigenvalue weighted by molar-refractivity contribution is 7.98. The molecule has 0 radical (unpaired) electrons. The molecule has 1 rings (SSSR count). The van der Waals surface area contributed by atoms with Crippen LogP contribution >= 0.6 is 11.8 Å². The standard InChI is InChI=1S/C12H16N2O4S/c1-19-9-4-2-8(3-5-9)13-12(18)14-10(6-7-15)11(16)17/h2-5,10,15H,6-7H2,1H3,(H,16,17)(H2,13,14,18). The molecule has 1 aromatic rings. The van der Waals surface area contributed by atoms with Gasteiger partial charge in [0.15, 0.2) is 0 Å². The van der Waals surface area contributed by atoms with E-state index in [9.17, 15) is 9.59 Å². The van der Waals surface area contributed by atoms with Gasteiger partial charge < -0.3 is 20.8 Å². The van der Waals surface area contributed by atoms with Crippen LogP contribution in [0.15, 0.2) is 29.2 Å². The summed E-state index contributed by atoms with van der Waals surface area (Å²) < 4.78 is 0. The van der Waals surface area contributed by atoms with E-state index in [4.69, 9.17) is 10.2 Å². The molecule has 0 aliphatic carbocycles. The lowest BCUT2D eigenvalue weighted by Crippen LogP contribution is -2.43. The molecule has 0 saturated carbocycles. The van der Waals surface area contributed by atoms with Crippen LogP contribution in [0.25, 0.3) is 0 Å². The molecule has 0 fully saturated rings. The summed E-state index contributed by atoms with van der Waals surface area (Å²) in [6, 6.07) is 5.44. The van der Waals surface area contributed by atoms with Gasteiger partial charge in [-0.1, -0.05) is 0 Å². The third-order valence-electron chi connectivity index (χ3n) is 2.37. The fraction of sp³-hybridized carbons (Fsp3) is 0.333. The highest BCUT2D eigenvalue weighted by atomic mass is 32.2. The third kappa shape index (κ3) is 5.19. The number of thioether (sulfide) groups is 1. The Morgan fingerprint density at radius 2 is 1.95 bits per heavy atom. The Hall–Kier alpha value is -1.73. The quantitative estimate of drug-likeness (QED) is 0.591. The summed E-state index contributed by atoms with van der Waals surface area (Å²) in [6.07, 6.45) is 1.91. The van der Waals surface area contributed by atoms with Gasteiger partial charge in [-0.2, -0.15) is 0 Å². The van der Waals surface area contributed by atoms with Gasteiger partial charge in [-0.05, 0) is 30.5 Å². The predicted molar refractivity (Wildman–Crippen MR) is 73.5 cm³/mol. The Bertz CT molecular complexity index is 436. The maximum absolute atomic E-state index is 11.6. The van der Waals surface area contributed by atoms with Crippen molar-refractivity contribution in [3.63, 3.8) is 0 Å². The number of carboxylic acids is 1. The molecule has 0 saturated heterocycles. The van der Waals surface area contributed by atoms with Crippen LogP contribution in [0.4, 0.5) is 10.5 Å². The van der Waals surface area contributed by atoms with Crippen LogP contribution in [0, 0.1) is 0 Å².